The van der Waals surface area contributed by atoms with Crippen molar-refractivity contribution in [2.24, 2.45) is 0 Å². The standard InChI is InChI=1S/C19H23N7O/c1-5-26-12-21-24-17(26)11-25(4)19(27)15-8-6-14(7-9-15)18-22-13(2)10-16(20-3)23-18/h6-10,12H,5,11H2,1-4H3,(H,20,22,23). The second-order valence-electron chi connectivity index (χ2n) is 6.24. The summed E-state index contributed by atoms with van der Waals surface area (Å²) in [6.07, 6.45) is 1.67. The van der Waals surface area contributed by atoms with Crippen molar-refractivity contribution < 1.29 is 4.79 Å². The van der Waals surface area contributed by atoms with Crippen molar-refractivity contribution in [3.05, 3.63) is 53.7 Å². The number of hydrogen-bond acceptors (Lipinski definition) is 6. The fourth-order valence-corrected chi connectivity index (χ4v) is 2.76. The number of nitrogens with zero attached hydrogens (tertiary/aromatic N) is 6. The van der Waals surface area contributed by atoms with Gasteiger partial charge in [0.2, 0.25) is 0 Å². The second-order valence-corrected chi connectivity index (χ2v) is 6.24. The molecule has 0 bridgehead atoms. The topological polar surface area (TPSA) is 88.8 Å². The summed E-state index contributed by atoms with van der Waals surface area (Å²) in [5.74, 6) is 2.08. The van der Waals surface area contributed by atoms with Crippen LogP contribution in [0.2, 0.25) is 0 Å². The molecule has 0 saturated heterocycles. The number of anilines is 1. The van der Waals surface area contributed by atoms with Gasteiger partial charge < -0.3 is 14.8 Å². The number of amides is 1. The molecule has 8 nitrogen and oxygen atoms in total. The Morgan fingerprint density at radius 1 is 1.22 bits per heavy atom. The molecule has 2 heterocycles. The summed E-state index contributed by atoms with van der Waals surface area (Å²) < 4.78 is 1.92. The molecular weight excluding hydrogens is 342 g/mol. The molecule has 0 radical (unpaired) electrons. The fraction of sp³-hybridized carbons (Fsp3) is 0.316. The normalized spacial score (nSPS) is 10.7. The van der Waals surface area contributed by atoms with E-state index in [1.54, 1.807) is 30.4 Å². The highest BCUT2D eigenvalue weighted by atomic mass is 16.2. The van der Waals surface area contributed by atoms with Crippen LogP contribution in [0.3, 0.4) is 0 Å². The van der Waals surface area contributed by atoms with Crippen molar-refractivity contribution in [3.8, 4) is 11.4 Å². The minimum absolute atomic E-state index is 0.0757. The molecule has 1 N–H and O–H groups in total. The molecule has 2 aromatic heterocycles. The van der Waals surface area contributed by atoms with Crippen molar-refractivity contribution >= 4 is 11.7 Å². The van der Waals surface area contributed by atoms with E-state index in [0.29, 0.717) is 17.9 Å². The third-order valence-corrected chi connectivity index (χ3v) is 4.26. The van der Waals surface area contributed by atoms with Gasteiger partial charge in [-0.25, -0.2) is 9.97 Å². The lowest BCUT2D eigenvalue weighted by Gasteiger charge is -2.17. The van der Waals surface area contributed by atoms with Crippen LogP contribution in [-0.4, -0.2) is 49.6 Å². The highest BCUT2D eigenvalue weighted by Gasteiger charge is 2.15. The number of aromatic nitrogens is 5. The maximum absolute atomic E-state index is 12.7. The molecule has 0 saturated carbocycles. The van der Waals surface area contributed by atoms with E-state index in [4.69, 9.17) is 0 Å². The number of nitrogens with one attached hydrogen (secondary N) is 1. The monoisotopic (exact) mass is 365 g/mol. The number of carbonyl (C=O) groups is 1. The van der Waals surface area contributed by atoms with Crippen LogP contribution in [0, 0.1) is 6.92 Å². The minimum Gasteiger partial charge on any atom is -0.373 e. The quantitative estimate of drug-likeness (QED) is 0.721. The van der Waals surface area contributed by atoms with E-state index in [1.165, 1.54) is 0 Å². The predicted molar refractivity (Wildman–Crippen MR) is 103 cm³/mol. The Morgan fingerprint density at radius 3 is 2.63 bits per heavy atom. The molecule has 0 aliphatic heterocycles. The van der Waals surface area contributed by atoms with Crippen molar-refractivity contribution in [1.29, 1.82) is 0 Å². The van der Waals surface area contributed by atoms with E-state index < -0.39 is 0 Å². The number of benzene rings is 1. The van der Waals surface area contributed by atoms with Crippen LogP contribution < -0.4 is 5.32 Å². The molecule has 1 aromatic carbocycles. The fourth-order valence-electron chi connectivity index (χ4n) is 2.76. The van der Waals surface area contributed by atoms with Gasteiger partial charge in [0.1, 0.15) is 12.1 Å². The summed E-state index contributed by atoms with van der Waals surface area (Å²) >= 11 is 0. The van der Waals surface area contributed by atoms with Gasteiger partial charge in [-0.1, -0.05) is 12.1 Å². The van der Waals surface area contributed by atoms with Crippen LogP contribution in [0.25, 0.3) is 11.4 Å². The molecule has 3 aromatic rings. The highest BCUT2D eigenvalue weighted by Crippen LogP contribution is 2.19. The number of hydrogen-bond donors (Lipinski definition) is 1. The zero-order valence-corrected chi connectivity index (χ0v) is 16.0. The molecule has 8 heteroatoms. The van der Waals surface area contributed by atoms with Gasteiger partial charge in [0.05, 0.1) is 6.54 Å². The zero-order chi connectivity index (χ0) is 19.4. The Morgan fingerprint density at radius 2 is 1.96 bits per heavy atom. The molecule has 0 atom stereocenters. The first-order valence-corrected chi connectivity index (χ1v) is 8.77. The average molecular weight is 365 g/mol. The molecule has 27 heavy (non-hydrogen) atoms. The summed E-state index contributed by atoms with van der Waals surface area (Å²) in [5.41, 5.74) is 2.34. The Hall–Kier alpha value is -3.29. The summed E-state index contributed by atoms with van der Waals surface area (Å²) in [6, 6.07) is 9.20. The Bertz CT molecular complexity index is 933. The molecular formula is C19H23N7O. The summed E-state index contributed by atoms with van der Waals surface area (Å²) in [7, 11) is 3.58. The van der Waals surface area contributed by atoms with Gasteiger partial charge in [-0.3, -0.25) is 4.79 Å². The molecule has 0 fully saturated rings. The van der Waals surface area contributed by atoms with E-state index in [0.717, 1.165) is 29.4 Å². The van der Waals surface area contributed by atoms with E-state index in [2.05, 4.69) is 25.5 Å². The van der Waals surface area contributed by atoms with E-state index in [1.807, 2.05) is 43.7 Å². The van der Waals surface area contributed by atoms with Gasteiger partial charge in [-0.2, -0.15) is 0 Å². The molecule has 1 amide bonds. The van der Waals surface area contributed by atoms with Gasteiger partial charge in [-0.15, -0.1) is 10.2 Å². The lowest BCUT2D eigenvalue weighted by Crippen LogP contribution is -2.27. The first-order chi connectivity index (χ1) is 13.0. The Labute approximate surface area is 158 Å². The lowest BCUT2D eigenvalue weighted by molar-refractivity contribution is 0.0780. The molecule has 3 rings (SSSR count). The Balaban J connectivity index is 1.76. The van der Waals surface area contributed by atoms with E-state index >= 15 is 0 Å². The third-order valence-electron chi connectivity index (χ3n) is 4.26. The number of rotatable bonds is 6. The van der Waals surface area contributed by atoms with Gasteiger partial charge in [0.15, 0.2) is 11.6 Å². The molecule has 0 spiro atoms. The molecule has 0 unspecified atom stereocenters. The number of aryl methyl sites for hydroxylation is 2. The summed E-state index contributed by atoms with van der Waals surface area (Å²) in [5, 5.41) is 11.0. The van der Waals surface area contributed by atoms with Crippen molar-refractivity contribution in [2.45, 2.75) is 26.9 Å². The van der Waals surface area contributed by atoms with Crippen molar-refractivity contribution in [1.82, 2.24) is 29.6 Å². The minimum atomic E-state index is -0.0757. The summed E-state index contributed by atoms with van der Waals surface area (Å²) in [4.78, 5) is 23.3. The van der Waals surface area contributed by atoms with Gasteiger partial charge in [0.25, 0.3) is 5.91 Å². The zero-order valence-electron chi connectivity index (χ0n) is 16.0. The molecule has 0 aliphatic carbocycles. The van der Waals surface area contributed by atoms with Crippen LogP contribution in [-0.2, 0) is 13.1 Å². The average Bonchev–Trinajstić information content (AvgIpc) is 3.14. The molecule has 0 aliphatic rings. The first kappa shape index (κ1) is 18.5. The van der Waals surface area contributed by atoms with Crippen LogP contribution in [0.4, 0.5) is 5.82 Å². The first-order valence-electron chi connectivity index (χ1n) is 8.77. The van der Waals surface area contributed by atoms with Crippen LogP contribution >= 0.6 is 0 Å². The van der Waals surface area contributed by atoms with Gasteiger partial charge >= 0.3 is 0 Å². The van der Waals surface area contributed by atoms with E-state index in [-0.39, 0.29) is 5.91 Å². The van der Waals surface area contributed by atoms with Crippen LogP contribution in [0.1, 0.15) is 28.8 Å². The maximum atomic E-state index is 12.7. The third kappa shape index (κ3) is 4.11. The van der Waals surface area contributed by atoms with Gasteiger partial charge in [0, 0.05) is 43.5 Å². The largest absolute Gasteiger partial charge is 0.373 e. The number of carbonyl (C=O) groups excluding carboxylic acids is 1. The lowest BCUT2D eigenvalue weighted by atomic mass is 10.1. The predicted octanol–water partition coefficient (Wildman–Crippen LogP) is 2.38. The maximum Gasteiger partial charge on any atom is 0.254 e. The van der Waals surface area contributed by atoms with Crippen molar-refractivity contribution in [3.63, 3.8) is 0 Å². The second kappa shape index (κ2) is 7.94. The van der Waals surface area contributed by atoms with Crippen molar-refractivity contribution in [2.75, 3.05) is 19.4 Å². The SMILES string of the molecule is CCn1cnnc1CN(C)C(=O)c1ccc(-c2nc(C)cc(NC)n2)cc1. The smallest absolute Gasteiger partial charge is 0.254 e. The highest BCUT2D eigenvalue weighted by molar-refractivity contribution is 5.94. The van der Waals surface area contributed by atoms with E-state index in [9.17, 15) is 4.79 Å². The summed E-state index contributed by atoms with van der Waals surface area (Å²) in [6.45, 7) is 5.11. The van der Waals surface area contributed by atoms with Crippen LogP contribution in [0.15, 0.2) is 36.7 Å². The Kier molecular flexibility index (Phi) is 5.44. The van der Waals surface area contributed by atoms with Gasteiger partial charge in [-0.05, 0) is 26.0 Å². The van der Waals surface area contributed by atoms with Crippen LogP contribution in [0.5, 0.6) is 0 Å². The molecule has 140 valence electrons.